The SMILES string of the molecule is Cn1ccc(-c2noc(CCN)n2)c1. The van der Waals surface area contributed by atoms with Gasteiger partial charge in [-0.05, 0) is 6.07 Å². The molecule has 0 saturated heterocycles. The molecule has 0 fully saturated rings. The minimum Gasteiger partial charge on any atom is -0.357 e. The van der Waals surface area contributed by atoms with Crippen molar-refractivity contribution in [2.24, 2.45) is 12.8 Å². The molecule has 0 aliphatic heterocycles. The second-order valence-corrected chi connectivity index (χ2v) is 3.12. The van der Waals surface area contributed by atoms with Gasteiger partial charge in [-0.25, -0.2) is 0 Å². The van der Waals surface area contributed by atoms with Crippen LogP contribution in [0.3, 0.4) is 0 Å². The van der Waals surface area contributed by atoms with Crippen molar-refractivity contribution in [2.45, 2.75) is 6.42 Å². The molecule has 2 heterocycles. The quantitative estimate of drug-likeness (QED) is 0.772. The molecule has 0 atom stereocenters. The highest BCUT2D eigenvalue weighted by atomic mass is 16.5. The Balaban J connectivity index is 2.24. The first-order valence-corrected chi connectivity index (χ1v) is 4.44. The summed E-state index contributed by atoms with van der Waals surface area (Å²) in [5.41, 5.74) is 6.34. The predicted octanol–water partition coefficient (Wildman–Crippen LogP) is 0.576. The molecule has 74 valence electrons. The molecule has 0 spiro atoms. The summed E-state index contributed by atoms with van der Waals surface area (Å²) >= 11 is 0. The van der Waals surface area contributed by atoms with E-state index in [4.69, 9.17) is 10.3 Å². The van der Waals surface area contributed by atoms with Crippen molar-refractivity contribution in [3.8, 4) is 11.4 Å². The highest BCUT2D eigenvalue weighted by Gasteiger charge is 2.08. The molecule has 0 unspecified atom stereocenters. The number of nitrogens with zero attached hydrogens (tertiary/aromatic N) is 3. The third kappa shape index (κ3) is 1.67. The second kappa shape index (κ2) is 3.63. The van der Waals surface area contributed by atoms with Gasteiger partial charge in [0.2, 0.25) is 11.7 Å². The Morgan fingerprint density at radius 2 is 2.43 bits per heavy atom. The zero-order valence-electron chi connectivity index (χ0n) is 7.97. The van der Waals surface area contributed by atoms with E-state index in [9.17, 15) is 0 Å². The minimum absolute atomic E-state index is 0.524. The van der Waals surface area contributed by atoms with Gasteiger partial charge >= 0.3 is 0 Å². The van der Waals surface area contributed by atoms with Crippen LogP contribution in [0.15, 0.2) is 23.0 Å². The molecular weight excluding hydrogens is 180 g/mol. The van der Waals surface area contributed by atoms with E-state index in [1.165, 1.54) is 0 Å². The molecule has 0 aliphatic rings. The van der Waals surface area contributed by atoms with E-state index < -0.39 is 0 Å². The summed E-state index contributed by atoms with van der Waals surface area (Å²) in [6, 6.07) is 1.94. The fourth-order valence-electron chi connectivity index (χ4n) is 1.23. The number of aryl methyl sites for hydroxylation is 1. The van der Waals surface area contributed by atoms with Crippen LogP contribution in [0.4, 0.5) is 0 Å². The van der Waals surface area contributed by atoms with Gasteiger partial charge in [-0.1, -0.05) is 5.16 Å². The first kappa shape index (κ1) is 8.96. The minimum atomic E-state index is 0.524. The van der Waals surface area contributed by atoms with Gasteiger partial charge in [-0.15, -0.1) is 0 Å². The van der Waals surface area contributed by atoms with E-state index in [0.717, 1.165) is 5.56 Å². The van der Waals surface area contributed by atoms with Crippen molar-refractivity contribution in [2.75, 3.05) is 6.54 Å². The van der Waals surface area contributed by atoms with E-state index in [2.05, 4.69) is 10.1 Å². The van der Waals surface area contributed by atoms with Crippen LogP contribution in [-0.2, 0) is 13.5 Å². The molecule has 2 aromatic rings. The average molecular weight is 192 g/mol. The van der Waals surface area contributed by atoms with Gasteiger partial charge in [0.25, 0.3) is 0 Å². The summed E-state index contributed by atoms with van der Waals surface area (Å²) in [6.45, 7) is 0.524. The van der Waals surface area contributed by atoms with Gasteiger partial charge in [-0.3, -0.25) is 0 Å². The van der Waals surface area contributed by atoms with Crippen molar-refractivity contribution in [1.29, 1.82) is 0 Å². The maximum atomic E-state index is 5.38. The topological polar surface area (TPSA) is 69.9 Å². The number of hydrogen-bond donors (Lipinski definition) is 1. The summed E-state index contributed by atoms with van der Waals surface area (Å²) in [7, 11) is 1.95. The van der Waals surface area contributed by atoms with Crippen LogP contribution in [0.5, 0.6) is 0 Å². The Kier molecular flexibility index (Phi) is 2.32. The molecule has 5 nitrogen and oxygen atoms in total. The van der Waals surface area contributed by atoms with Crippen LogP contribution < -0.4 is 5.73 Å². The van der Waals surface area contributed by atoms with Gasteiger partial charge in [0.1, 0.15) is 0 Å². The molecule has 0 aromatic carbocycles. The summed E-state index contributed by atoms with van der Waals surface area (Å²) < 4.78 is 6.96. The van der Waals surface area contributed by atoms with Crippen LogP contribution >= 0.6 is 0 Å². The Morgan fingerprint density at radius 1 is 1.57 bits per heavy atom. The van der Waals surface area contributed by atoms with Gasteiger partial charge in [0, 0.05) is 38.0 Å². The Bertz CT molecular complexity index is 418. The van der Waals surface area contributed by atoms with Gasteiger partial charge in [0.05, 0.1) is 0 Å². The maximum absolute atomic E-state index is 5.38. The van der Waals surface area contributed by atoms with Gasteiger partial charge in [0.15, 0.2) is 0 Å². The number of rotatable bonds is 3. The second-order valence-electron chi connectivity index (χ2n) is 3.12. The summed E-state index contributed by atoms with van der Waals surface area (Å²) in [5, 5.41) is 3.86. The summed E-state index contributed by atoms with van der Waals surface area (Å²) in [5.74, 6) is 1.21. The number of hydrogen-bond acceptors (Lipinski definition) is 4. The van der Waals surface area contributed by atoms with Crippen LogP contribution in [0.1, 0.15) is 5.89 Å². The summed E-state index contributed by atoms with van der Waals surface area (Å²) in [4.78, 5) is 4.21. The number of nitrogens with two attached hydrogens (primary N) is 1. The van der Waals surface area contributed by atoms with Gasteiger partial charge in [-0.2, -0.15) is 4.98 Å². The number of aromatic nitrogens is 3. The van der Waals surface area contributed by atoms with Crippen LogP contribution in [-0.4, -0.2) is 21.3 Å². The van der Waals surface area contributed by atoms with Gasteiger partial charge < -0.3 is 14.8 Å². The fourth-order valence-corrected chi connectivity index (χ4v) is 1.23. The standard InChI is InChI=1S/C9H12N4O/c1-13-5-3-7(6-13)9-11-8(2-4-10)14-12-9/h3,5-6H,2,4,10H2,1H3. The van der Waals surface area contributed by atoms with Crippen molar-refractivity contribution in [3.05, 3.63) is 24.4 Å². The lowest BCUT2D eigenvalue weighted by Gasteiger charge is -1.86. The Morgan fingerprint density at radius 3 is 3.07 bits per heavy atom. The third-order valence-corrected chi connectivity index (χ3v) is 1.92. The van der Waals surface area contributed by atoms with Crippen molar-refractivity contribution < 1.29 is 4.52 Å². The van der Waals surface area contributed by atoms with E-state index in [1.54, 1.807) is 0 Å². The zero-order chi connectivity index (χ0) is 9.97. The van der Waals surface area contributed by atoms with Crippen LogP contribution in [0.25, 0.3) is 11.4 Å². The first-order valence-electron chi connectivity index (χ1n) is 4.44. The summed E-state index contributed by atoms with van der Waals surface area (Å²) in [6.07, 6.45) is 4.51. The van der Waals surface area contributed by atoms with E-state index in [1.807, 2.05) is 30.1 Å². The van der Waals surface area contributed by atoms with Crippen molar-refractivity contribution >= 4 is 0 Å². The smallest absolute Gasteiger partial charge is 0.228 e. The molecule has 5 heteroatoms. The molecule has 0 aliphatic carbocycles. The lowest BCUT2D eigenvalue weighted by atomic mass is 10.3. The molecule has 2 N–H and O–H groups in total. The van der Waals surface area contributed by atoms with Crippen molar-refractivity contribution in [1.82, 2.24) is 14.7 Å². The van der Waals surface area contributed by atoms with Crippen LogP contribution in [0, 0.1) is 0 Å². The molecular formula is C9H12N4O. The Hall–Kier alpha value is -1.62. The molecule has 0 saturated carbocycles. The third-order valence-electron chi connectivity index (χ3n) is 1.92. The zero-order valence-corrected chi connectivity index (χ0v) is 7.97. The van der Waals surface area contributed by atoms with E-state index in [-0.39, 0.29) is 0 Å². The maximum Gasteiger partial charge on any atom is 0.228 e. The highest BCUT2D eigenvalue weighted by Crippen LogP contribution is 2.15. The molecule has 2 aromatic heterocycles. The monoisotopic (exact) mass is 192 g/mol. The molecule has 0 amide bonds. The fraction of sp³-hybridized carbons (Fsp3) is 0.333. The lowest BCUT2D eigenvalue weighted by molar-refractivity contribution is 0.380. The van der Waals surface area contributed by atoms with E-state index >= 15 is 0 Å². The molecule has 14 heavy (non-hydrogen) atoms. The van der Waals surface area contributed by atoms with E-state index in [0.29, 0.717) is 24.7 Å². The van der Waals surface area contributed by atoms with Crippen LogP contribution in [0.2, 0.25) is 0 Å². The largest absolute Gasteiger partial charge is 0.357 e. The predicted molar refractivity (Wildman–Crippen MR) is 51.5 cm³/mol. The average Bonchev–Trinajstić information content (AvgIpc) is 2.74. The highest BCUT2D eigenvalue weighted by molar-refractivity contribution is 5.52. The Labute approximate surface area is 81.5 Å². The molecule has 2 rings (SSSR count). The molecule has 0 bridgehead atoms. The first-order chi connectivity index (χ1) is 6.79. The lowest BCUT2D eigenvalue weighted by Crippen LogP contribution is -2.02. The van der Waals surface area contributed by atoms with Crippen molar-refractivity contribution in [3.63, 3.8) is 0 Å². The molecule has 0 radical (unpaired) electrons. The normalized spacial score (nSPS) is 10.7.